The van der Waals surface area contributed by atoms with Crippen LogP contribution in [0.5, 0.6) is 0 Å². The molecule has 0 saturated heterocycles. The number of aromatic nitrogens is 2. The van der Waals surface area contributed by atoms with E-state index in [4.69, 9.17) is 0 Å². The topological polar surface area (TPSA) is 8.81 Å². The number of imidazole rings is 1. The summed E-state index contributed by atoms with van der Waals surface area (Å²) >= 11 is 0. The number of unbranched alkanes of at least 4 members (excludes halogenated alkanes) is 14. The summed E-state index contributed by atoms with van der Waals surface area (Å²) in [6.07, 6.45) is 30.7. The van der Waals surface area contributed by atoms with E-state index in [-0.39, 0.29) is 0 Å². The monoisotopic (exact) mass is 467 g/mol. The van der Waals surface area contributed by atoms with Crippen molar-refractivity contribution in [1.29, 1.82) is 0 Å². The van der Waals surface area contributed by atoms with Gasteiger partial charge in [-0.1, -0.05) is 128 Å². The normalized spacial score (nSPS) is 11.4. The van der Waals surface area contributed by atoms with Gasteiger partial charge in [0.05, 0.1) is 13.1 Å². The van der Waals surface area contributed by atoms with Crippen LogP contribution in [0, 0.1) is 0 Å². The van der Waals surface area contributed by atoms with Crippen LogP contribution in [0.15, 0.2) is 42.7 Å². The van der Waals surface area contributed by atoms with Gasteiger partial charge in [0.1, 0.15) is 12.4 Å². The van der Waals surface area contributed by atoms with Crippen LogP contribution < -0.4 is 4.57 Å². The molecule has 0 fully saturated rings. The molecule has 2 rings (SSSR count). The van der Waals surface area contributed by atoms with Gasteiger partial charge in [-0.2, -0.15) is 0 Å². The Hall–Kier alpha value is -1.57. The van der Waals surface area contributed by atoms with E-state index < -0.39 is 0 Å². The molecule has 2 aromatic rings. The minimum absolute atomic E-state index is 1.14. The van der Waals surface area contributed by atoms with Crippen LogP contribution in [0.3, 0.4) is 0 Å². The third kappa shape index (κ3) is 12.8. The highest BCUT2D eigenvalue weighted by molar-refractivity contribution is 5.14. The molecule has 192 valence electrons. The standard InChI is InChI=1S/C32H55N2/c1-3-5-7-9-11-12-13-14-15-20-26-32-33(27-21-16-10-8-6-4-2)29-30-34(32)28-22-25-31-23-18-17-19-24-31/h17-19,23-24,29-30H,3-16,20-22,25-28H2,1-2H3/q+1. The fourth-order valence-corrected chi connectivity index (χ4v) is 5.12. The minimum atomic E-state index is 1.14. The lowest BCUT2D eigenvalue weighted by Gasteiger charge is -2.07. The van der Waals surface area contributed by atoms with E-state index in [2.05, 4.69) is 65.7 Å². The van der Waals surface area contributed by atoms with Gasteiger partial charge < -0.3 is 0 Å². The van der Waals surface area contributed by atoms with Crippen molar-refractivity contribution in [3.05, 3.63) is 54.1 Å². The average molecular weight is 468 g/mol. The van der Waals surface area contributed by atoms with E-state index >= 15 is 0 Å². The highest BCUT2D eigenvalue weighted by Gasteiger charge is 2.16. The molecule has 0 aliphatic rings. The van der Waals surface area contributed by atoms with Gasteiger partial charge >= 0.3 is 0 Å². The maximum absolute atomic E-state index is 2.58. The SMILES string of the molecule is CCCCCCCCCCCCc1n(CCCCCCCC)cc[n+]1CCCc1ccccc1. The minimum Gasteiger partial charge on any atom is -0.234 e. The smallest absolute Gasteiger partial charge is 0.234 e. The number of aryl methyl sites for hydroxylation is 3. The molecule has 0 bridgehead atoms. The maximum Gasteiger partial charge on any atom is 0.256 e. The Labute approximate surface area is 212 Å². The predicted octanol–water partition coefficient (Wildman–Crippen LogP) is 9.23. The second-order valence-corrected chi connectivity index (χ2v) is 10.4. The molecular weight excluding hydrogens is 412 g/mol. The van der Waals surface area contributed by atoms with Gasteiger partial charge in [-0.25, -0.2) is 9.13 Å². The summed E-state index contributed by atoms with van der Waals surface area (Å²) < 4.78 is 5.14. The van der Waals surface area contributed by atoms with Gasteiger partial charge in [0, 0.05) is 6.42 Å². The van der Waals surface area contributed by atoms with Crippen molar-refractivity contribution in [3.8, 4) is 0 Å². The van der Waals surface area contributed by atoms with Crippen molar-refractivity contribution in [2.24, 2.45) is 0 Å². The zero-order chi connectivity index (χ0) is 24.1. The molecule has 0 unspecified atom stereocenters. The fourth-order valence-electron chi connectivity index (χ4n) is 5.12. The molecule has 34 heavy (non-hydrogen) atoms. The molecule has 1 aromatic heterocycles. The first-order chi connectivity index (χ1) is 16.8. The van der Waals surface area contributed by atoms with Gasteiger partial charge in [-0.15, -0.1) is 0 Å². The van der Waals surface area contributed by atoms with Crippen LogP contribution in [-0.2, 0) is 25.9 Å². The lowest BCUT2D eigenvalue weighted by Crippen LogP contribution is -2.37. The van der Waals surface area contributed by atoms with Gasteiger partial charge in [0.2, 0.25) is 0 Å². The highest BCUT2D eigenvalue weighted by atomic mass is 15.1. The van der Waals surface area contributed by atoms with Crippen molar-refractivity contribution in [1.82, 2.24) is 4.57 Å². The lowest BCUT2D eigenvalue weighted by atomic mass is 10.1. The molecule has 0 aliphatic carbocycles. The van der Waals surface area contributed by atoms with Crippen molar-refractivity contribution >= 4 is 0 Å². The molecule has 0 amide bonds. The quantitative estimate of drug-likeness (QED) is 0.120. The van der Waals surface area contributed by atoms with Gasteiger partial charge in [-0.05, 0) is 37.7 Å². The second kappa shape index (κ2) is 19.7. The van der Waals surface area contributed by atoms with Crippen molar-refractivity contribution in [3.63, 3.8) is 0 Å². The zero-order valence-corrected chi connectivity index (χ0v) is 22.8. The average Bonchev–Trinajstić information content (AvgIpc) is 3.24. The van der Waals surface area contributed by atoms with Crippen LogP contribution in [0.1, 0.15) is 134 Å². The molecule has 0 atom stereocenters. The Morgan fingerprint density at radius 1 is 0.588 bits per heavy atom. The van der Waals surface area contributed by atoms with E-state index in [9.17, 15) is 0 Å². The molecule has 2 nitrogen and oxygen atoms in total. The summed E-state index contributed by atoms with van der Waals surface area (Å²) in [4.78, 5) is 0. The van der Waals surface area contributed by atoms with Crippen LogP contribution >= 0.6 is 0 Å². The molecule has 0 N–H and O–H groups in total. The van der Waals surface area contributed by atoms with Crippen LogP contribution in [0.4, 0.5) is 0 Å². The molecule has 0 radical (unpaired) electrons. The fraction of sp³-hybridized carbons (Fsp3) is 0.719. The first-order valence-electron chi connectivity index (χ1n) is 15.0. The third-order valence-electron chi connectivity index (χ3n) is 7.30. The highest BCUT2D eigenvalue weighted by Crippen LogP contribution is 2.13. The van der Waals surface area contributed by atoms with E-state index in [0.717, 1.165) is 6.54 Å². The van der Waals surface area contributed by atoms with Gasteiger partial charge in [-0.3, -0.25) is 0 Å². The first kappa shape index (κ1) is 28.7. The molecule has 2 heteroatoms. The number of rotatable bonds is 22. The number of benzene rings is 1. The lowest BCUT2D eigenvalue weighted by molar-refractivity contribution is -0.704. The van der Waals surface area contributed by atoms with E-state index in [1.54, 1.807) is 5.82 Å². The number of hydrogen-bond donors (Lipinski definition) is 0. The van der Waals surface area contributed by atoms with Gasteiger partial charge in [0.15, 0.2) is 0 Å². The molecule has 0 saturated carbocycles. The van der Waals surface area contributed by atoms with E-state index in [0.29, 0.717) is 0 Å². The summed E-state index contributed by atoms with van der Waals surface area (Å²) in [7, 11) is 0. The number of nitrogens with zero attached hydrogens (tertiary/aromatic N) is 2. The summed E-state index contributed by atoms with van der Waals surface area (Å²) in [6, 6.07) is 11.0. The molecular formula is C32H55N2+. The van der Waals surface area contributed by atoms with E-state index in [1.807, 2.05) is 0 Å². The molecule has 0 aliphatic heterocycles. The third-order valence-corrected chi connectivity index (χ3v) is 7.30. The summed E-state index contributed by atoms with van der Waals surface area (Å²) in [5.74, 6) is 1.57. The Kier molecular flexibility index (Phi) is 16.6. The summed E-state index contributed by atoms with van der Waals surface area (Å²) in [5.41, 5.74) is 1.46. The molecule has 1 aromatic carbocycles. The van der Waals surface area contributed by atoms with E-state index in [1.165, 1.54) is 134 Å². The largest absolute Gasteiger partial charge is 0.256 e. The van der Waals surface area contributed by atoms with Gasteiger partial charge in [0.25, 0.3) is 5.82 Å². The summed E-state index contributed by atoms with van der Waals surface area (Å²) in [6.45, 7) is 6.95. The Balaban J connectivity index is 1.75. The second-order valence-electron chi connectivity index (χ2n) is 10.4. The van der Waals surface area contributed by atoms with Crippen LogP contribution in [0.25, 0.3) is 0 Å². The van der Waals surface area contributed by atoms with Crippen LogP contribution in [-0.4, -0.2) is 4.57 Å². The Morgan fingerprint density at radius 2 is 1.15 bits per heavy atom. The predicted molar refractivity (Wildman–Crippen MR) is 148 cm³/mol. The maximum atomic E-state index is 2.58. The Bertz CT molecular complexity index is 703. The molecule has 0 spiro atoms. The van der Waals surface area contributed by atoms with Crippen molar-refractivity contribution in [2.45, 2.75) is 149 Å². The first-order valence-corrected chi connectivity index (χ1v) is 15.0. The van der Waals surface area contributed by atoms with Crippen LogP contribution in [0.2, 0.25) is 0 Å². The Morgan fingerprint density at radius 3 is 1.76 bits per heavy atom. The zero-order valence-electron chi connectivity index (χ0n) is 22.8. The number of hydrogen-bond acceptors (Lipinski definition) is 0. The molecule has 1 heterocycles. The van der Waals surface area contributed by atoms with Crippen molar-refractivity contribution in [2.75, 3.05) is 0 Å². The summed E-state index contributed by atoms with van der Waals surface area (Å²) in [5, 5.41) is 0. The van der Waals surface area contributed by atoms with Crippen molar-refractivity contribution < 1.29 is 4.57 Å².